The van der Waals surface area contributed by atoms with Gasteiger partial charge in [0.1, 0.15) is 0 Å². The fourth-order valence-corrected chi connectivity index (χ4v) is 2.53. The molecule has 0 amide bonds. The second-order valence-electron chi connectivity index (χ2n) is 4.92. The summed E-state index contributed by atoms with van der Waals surface area (Å²) >= 11 is 0. The number of benzene rings is 2. The van der Waals surface area contributed by atoms with Crippen molar-refractivity contribution in [2.75, 3.05) is 18.1 Å². The quantitative estimate of drug-likeness (QED) is 0.847. The first-order valence-corrected chi connectivity index (χ1v) is 6.94. The van der Waals surface area contributed by atoms with Gasteiger partial charge in [-0.2, -0.15) is 0 Å². The molecule has 2 aromatic rings. The number of rotatable bonds is 6. The maximum Gasteiger partial charge on any atom is 0.0606 e. The van der Waals surface area contributed by atoms with Gasteiger partial charge in [0.25, 0.3) is 0 Å². The van der Waals surface area contributed by atoms with Crippen molar-refractivity contribution >= 4 is 5.69 Å². The monoisotopic (exact) mass is 270 g/mol. The van der Waals surface area contributed by atoms with E-state index < -0.39 is 0 Å². The van der Waals surface area contributed by atoms with E-state index in [4.69, 9.17) is 5.73 Å². The molecule has 2 aromatic carbocycles. The predicted molar refractivity (Wildman–Crippen MR) is 83.6 cm³/mol. The fourth-order valence-electron chi connectivity index (χ4n) is 2.53. The van der Waals surface area contributed by atoms with E-state index in [1.54, 1.807) is 0 Å². The molecule has 3 N–H and O–H groups in total. The second kappa shape index (κ2) is 7.08. The minimum absolute atomic E-state index is 0.130. The fraction of sp³-hybridized carbons (Fsp3) is 0.294. The number of aryl methyl sites for hydroxylation is 1. The number of aliphatic hydroxyl groups is 1. The molecular weight excluding hydrogens is 248 g/mol. The van der Waals surface area contributed by atoms with Crippen LogP contribution in [0.3, 0.4) is 0 Å². The van der Waals surface area contributed by atoms with Crippen LogP contribution in [0.5, 0.6) is 0 Å². The van der Waals surface area contributed by atoms with Gasteiger partial charge >= 0.3 is 0 Å². The predicted octanol–water partition coefficient (Wildman–Crippen LogP) is 2.45. The highest BCUT2D eigenvalue weighted by molar-refractivity contribution is 5.59. The van der Waals surface area contributed by atoms with E-state index in [0.717, 1.165) is 17.8 Å². The summed E-state index contributed by atoms with van der Waals surface area (Å²) in [4.78, 5) is 2.20. The highest BCUT2D eigenvalue weighted by atomic mass is 16.3. The van der Waals surface area contributed by atoms with Gasteiger partial charge < -0.3 is 15.7 Å². The van der Waals surface area contributed by atoms with Gasteiger partial charge in [0.05, 0.1) is 6.61 Å². The van der Waals surface area contributed by atoms with Crippen LogP contribution >= 0.6 is 0 Å². The molecule has 0 fully saturated rings. The molecule has 0 saturated carbocycles. The van der Waals surface area contributed by atoms with E-state index in [0.29, 0.717) is 13.1 Å². The molecule has 0 aliphatic carbocycles. The van der Waals surface area contributed by atoms with Crippen LogP contribution in [0, 0.1) is 6.92 Å². The van der Waals surface area contributed by atoms with Crippen LogP contribution in [0.25, 0.3) is 0 Å². The van der Waals surface area contributed by atoms with Crippen molar-refractivity contribution < 1.29 is 5.11 Å². The Hall–Kier alpha value is -1.84. The maximum absolute atomic E-state index is 9.36. The van der Waals surface area contributed by atoms with E-state index in [9.17, 15) is 5.11 Å². The number of para-hydroxylation sites is 1. The summed E-state index contributed by atoms with van der Waals surface area (Å²) in [5.74, 6) is 0. The highest BCUT2D eigenvalue weighted by Gasteiger charge is 2.13. The molecule has 0 radical (unpaired) electrons. The van der Waals surface area contributed by atoms with Gasteiger partial charge in [-0.3, -0.25) is 0 Å². The maximum atomic E-state index is 9.36. The molecule has 0 bridgehead atoms. The minimum atomic E-state index is 0.130. The van der Waals surface area contributed by atoms with Gasteiger partial charge in [0.2, 0.25) is 0 Å². The van der Waals surface area contributed by atoms with E-state index >= 15 is 0 Å². The Morgan fingerprint density at radius 1 is 1.05 bits per heavy atom. The number of nitrogens with zero attached hydrogens (tertiary/aromatic N) is 1. The molecule has 0 saturated heterocycles. The normalized spacial score (nSPS) is 10.6. The standard InChI is InChI=1S/C17H22N2O/c1-14-6-5-9-16(12-18)17(14)19(10-11-20)13-15-7-3-2-4-8-15/h2-9,20H,10-13,18H2,1H3. The third-order valence-electron chi connectivity index (χ3n) is 3.44. The molecular formula is C17H22N2O. The molecule has 0 unspecified atom stereocenters. The van der Waals surface area contributed by atoms with E-state index in [1.807, 2.05) is 24.3 Å². The molecule has 0 aliphatic rings. The Kier molecular flexibility index (Phi) is 5.16. The molecule has 0 spiro atoms. The third-order valence-corrected chi connectivity index (χ3v) is 3.44. The van der Waals surface area contributed by atoms with Crippen LogP contribution in [0.2, 0.25) is 0 Å². The van der Waals surface area contributed by atoms with E-state index in [1.165, 1.54) is 11.1 Å². The molecule has 20 heavy (non-hydrogen) atoms. The molecule has 0 atom stereocenters. The first-order valence-electron chi connectivity index (χ1n) is 6.94. The summed E-state index contributed by atoms with van der Waals surface area (Å²) in [6, 6.07) is 16.5. The second-order valence-corrected chi connectivity index (χ2v) is 4.92. The molecule has 2 rings (SSSR count). The minimum Gasteiger partial charge on any atom is -0.395 e. The van der Waals surface area contributed by atoms with Crippen LogP contribution in [-0.2, 0) is 13.1 Å². The van der Waals surface area contributed by atoms with E-state index in [-0.39, 0.29) is 6.61 Å². The first-order chi connectivity index (χ1) is 9.76. The Balaban J connectivity index is 2.33. The Morgan fingerprint density at radius 3 is 2.45 bits per heavy atom. The number of nitrogens with two attached hydrogens (primary N) is 1. The molecule has 0 aromatic heterocycles. The number of aliphatic hydroxyl groups excluding tert-OH is 1. The van der Waals surface area contributed by atoms with Crippen LogP contribution in [0.15, 0.2) is 48.5 Å². The smallest absolute Gasteiger partial charge is 0.0606 e. The summed E-state index contributed by atoms with van der Waals surface area (Å²) in [6.07, 6.45) is 0. The average Bonchev–Trinajstić information content (AvgIpc) is 2.47. The summed E-state index contributed by atoms with van der Waals surface area (Å²) in [5, 5.41) is 9.36. The molecule has 106 valence electrons. The third kappa shape index (κ3) is 3.38. The molecule has 3 heteroatoms. The van der Waals surface area contributed by atoms with Crippen LogP contribution in [0.1, 0.15) is 16.7 Å². The number of anilines is 1. The van der Waals surface area contributed by atoms with Crippen molar-refractivity contribution in [2.24, 2.45) is 5.73 Å². The molecule has 0 heterocycles. The zero-order valence-electron chi connectivity index (χ0n) is 11.9. The summed E-state index contributed by atoms with van der Waals surface area (Å²) in [7, 11) is 0. The van der Waals surface area contributed by atoms with Crippen molar-refractivity contribution in [3.8, 4) is 0 Å². The van der Waals surface area contributed by atoms with E-state index in [2.05, 4.69) is 36.1 Å². The van der Waals surface area contributed by atoms with Gasteiger partial charge in [-0.15, -0.1) is 0 Å². The zero-order valence-corrected chi connectivity index (χ0v) is 11.9. The molecule has 3 nitrogen and oxygen atoms in total. The van der Waals surface area contributed by atoms with Crippen molar-refractivity contribution in [1.82, 2.24) is 0 Å². The topological polar surface area (TPSA) is 49.5 Å². The van der Waals surface area contributed by atoms with Gasteiger partial charge in [0, 0.05) is 25.3 Å². The zero-order chi connectivity index (χ0) is 14.4. The van der Waals surface area contributed by atoms with Gasteiger partial charge in [-0.25, -0.2) is 0 Å². The SMILES string of the molecule is Cc1cccc(CN)c1N(CCO)Cc1ccccc1. The van der Waals surface area contributed by atoms with Crippen LogP contribution in [0.4, 0.5) is 5.69 Å². The van der Waals surface area contributed by atoms with Crippen molar-refractivity contribution in [1.29, 1.82) is 0 Å². The summed E-state index contributed by atoms with van der Waals surface area (Å²) in [6.45, 7) is 4.11. The van der Waals surface area contributed by atoms with Gasteiger partial charge in [0.15, 0.2) is 0 Å². The summed E-state index contributed by atoms with van der Waals surface area (Å²) in [5.41, 5.74) is 10.5. The number of hydrogen-bond donors (Lipinski definition) is 2. The average molecular weight is 270 g/mol. The van der Waals surface area contributed by atoms with Crippen LogP contribution in [-0.4, -0.2) is 18.3 Å². The lowest BCUT2D eigenvalue weighted by Crippen LogP contribution is -2.28. The van der Waals surface area contributed by atoms with Gasteiger partial charge in [-0.1, -0.05) is 48.5 Å². The van der Waals surface area contributed by atoms with Crippen molar-refractivity contribution in [3.05, 3.63) is 65.2 Å². The Bertz CT molecular complexity index is 540. The van der Waals surface area contributed by atoms with Crippen molar-refractivity contribution in [3.63, 3.8) is 0 Å². The lowest BCUT2D eigenvalue weighted by molar-refractivity contribution is 0.301. The Labute approximate surface area is 120 Å². The summed E-state index contributed by atoms with van der Waals surface area (Å²) < 4.78 is 0. The Morgan fingerprint density at radius 2 is 1.80 bits per heavy atom. The highest BCUT2D eigenvalue weighted by Crippen LogP contribution is 2.26. The lowest BCUT2D eigenvalue weighted by Gasteiger charge is -2.28. The van der Waals surface area contributed by atoms with Gasteiger partial charge in [-0.05, 0) is 23.6 Å². The largest absolute Gasteiger partial charge is 0.395 e. The lowest BCUT2D eigenvalue weighted by atomic mass is 10.1. The van der Waals surface area contributed by atoms with Crippen molar-refractivity contribution in [2.45, 2.75) is 20.0 Å². The number of hydrogen-bond acceptors (Lipinski definition) is 3. The van der Waals surface area contributed by atoms with Crippen LogP contribution < -0.4 is 10.6 Å². The first kappa shape index (κ1) is 14.6. The molecule has 0 aliphatic heterocycles.